The lowest BCUT2D eigenvalue weighted by Gasteiger charge is -2.22. The Morgan fingerprint density at radius 3 is 2.75 bits per heavy atom. The van der Waals surface area contributed by atoms with Crippen molar-refractivity contribution in [2.24, 2.45) is 0 Å². The second-order valence-corrected chi connectivity index (χ2v) is 9.29. The Labute approximate surface area is 195 Å². The normalized spacial score (nSPS) is 14.8. The number of rotatable bonds is 3. The van der Waals surface area contributed by atoms with Gasteiger partial charge in [0.1, 0.15) is 18.1 Å². The molecule has 4 nitrogen and oxygen atoms in total. The van der Waals surface area contributed by atoms with Gasteiger partial charge in [-0.2, -0.15) is 0 Å². The van der Waals surface area contributed by atoms with E-state index in [-0.39, 0.29) is 10.4 Å². The fourth-order valence-electron chi connectivity index (χ4n) is 4.14. The molecule has 0 saturated heterocycles. The lowest BCUT2D eigenvalue weighted by Crippen LogP contribution is -2.05. The molecule has 2 heterocycles. The number of halogens is 1. The molecular weight excluding hydrogens is 442 g/mol. The minimum absolute atomic E-state index is 0.0311. The van der Waals surface area contributed by atoms with E-state index in [1.807, 2.05) is 60.7 Å². The van der Waals surface area contributed by atoms with Gasteiger partial charge in [-0.05, 0) is 41.5 Å². The topological polar surface area (TPSA) is 48.4 Å². The van der Waals surface area contributed by atoms with E-state index in [0.717, 1.165) is 38.9 Å². The Hall–Kier alpha value is -3.02. The predicted octanol–water partition coefficient (Wildman–Crippen LogP) is 6.83. The summed E-state index contributed by atoms with van der Waals surface area (Å²) >= 11 is 7.46. The van der Waals surface area contributed by atoms with Crippen LogP contribution in [0.2, 0.25) is 5.02 Å². The molecule has 0 fully saturated rings. The second-order valence-electron chi connectivity index (χ2n) is 7.57. The summed E-state index contributed by atoms with van der Waals surface area (Å²) in [7, 11) is 1.64. The number of benzene rings is 3. The smallest absolute Gasteiger partial charge is 0.186 e. The van der Waals surface area contributed by atoms with Gasteiger partial charge in [0.15, 0.2) is 5.12 Å². The Balaban J connectivity index is 1.74. The third kappa shape index (κ3) is 3.72. The van der Waals surface area contributed by atoms with E-state index in [1.165, 1.54) is 11.8 Å². The predicted molar refractivity (Wildman–Crippen MR) is 130 cm³/mol. The van der Waals surface area contributed by atoms with Crippen molar-refractivity contribution < 1.29 is 14.3 Å². The van der Waals surface area contributed by atoms with Gasteiger partial charge >= 0.3 is 0 Å². The van der Waals surface area contributed by atoms with Crippen LogP contribution in [0, 0.1) is 0 Å². The highest BCUT2D eigenvalue weighted by molar-refractivity contribution is 8.13. The number of hydrogen-bond donors (Lipinski definition) is 0. The Bertz CT molecular complexity index is 1350. The van der Waals surface area contributed by atoms with Crippen molar-refractivity contribution in [3.63, 3.8) is 0 Å². The van der Waals surface area contributed by atoms with E-state index in [0.29, 0.717) is 23.1 Å². The number of fused-ring (bicyclic) bond motifs is 3. The highest BCUT2D eigenvalue weighted by Crippen LogP contribution is 2.51. The van der Waals surface area contributed by atoms with Crippen LogP contribution in [-0.4, -0.2) is 17.2 Å². The number of carbonyl (C=O) groups excluding carboxylic acids is 1. The second kappa shape index (κ2) is 8.49. The summed E-state index contributed by atoms with van der Waals surface area (Å²) in [4.78, 5) is 17.1. The molecule has 160 valence electrons. The molecule has 0 aliphatic carbocycles. The fourth-order valence-corrected chi connectivity index (χ4v) is 5.33. The van der Waals surface area contributed by atoms with Crippen molar-refractivity contribution in [2.75, 3.05) is 7.11 Å². The van der Waals surface area contributed by atoms with Gasteiger partial charge in [0, 0.05) is 22.9 Å². The minimum Gasteiger partial charge on any atom is -0.496 e. The summed E-state index contributed by atoms with van der Waals surface area (Å²) in [6, 6.07) is 21.6. The van der Waals surface area contributed by atoms with Crippen molar-refractivity contribution in [1.29, 1.82) is 0 Å². The quantitative estimate of drug-likeness (QED) is 0.335. The molecule has 0 amide bonds. The molecule has 1 unspecified atom stereocenters. The van der Waals surface area contributed by atoms with Gasteiger partial charge < -0.3 is 9.47 Å². The van der Waals surface area contributed by atoms with Crippen molar-refractivity contribution >= 4 is 39.4 Å². The van der Waals surface area contributed by atoms with Gasteiger partial charge in [-0.1, -0.05) is 59.8 Å². The maximum atomic E-state index is 12.2. The van der Waals surface area contributed by atoms with Crippen molar-refractivity contribution in [3.8, 4) is 22.8 Å². The van der Waals surface area contributed by atoms with Crippen LogP contribution >= 0.6 is 23.4 Å². The first-order valence-electron chi connectivity index (χ1n) is 10.2. The maximum absolute atomic E-state index is 12.2. The van der Waals surface area contributed by atoms with Crippen LogP contribution in [0.15, 0.2) is 66.7 Å². The number of aromatic nitrogens is 1. The first-order chi connectivity index (χ1) is 15.5. The van der Waals surface area contributed by atoms with Crippen LogP contribution in [0.25, 0.3) is 22.2 Å². The Kier molecular flexibility index (Phi) is 5.53. The number of thioether (sulfide) groups is 1. The van der Waals surface area contributed by atoms with Gasteiger partial charge in [-0.3, -0.25) is 4.79 Å². The lowest BCUT2D eigenvalue weighted by atomic mass is 9.96. The summed E-state index contributed by atoms with van der Waals surface area (Å²) in [6.07, 6.45) is 0. The summed E-state index contributed by atoms with van der Waals surface area (Å²) < 4.78 is 12.1. The monoisotopic (exact) mass is 461 g/mol. The molecule has 1 aliphatic heterocycles. The summed E-state index contributed by atoms with van der Waals surface area (Å²) in [5.74, 6) is 1.37. The molecule has 1 aliphatic rings. The molecule has 0 N–H and O–H groups in total. The zero-order valence-corrected chi connectivity index (χ0v) is 19.2. The average Bonchev–Trinajstić information content (AvgIpc) is 2.95. The molecule has 0 saturated carbocycles. The van der Waals surface area contributed by atoms with Crippen LogP contribution in [-0.2, 0) is 11.4 Å². The molecule has 1 atom stereocenters. The first kappa shape index (κ1) is 20.9. The summed E-state index contributed by atoms with van der Waals surface area (Å²) in [5, 5.41) is 1.43. The van der Waals surface area contributed by atoms with E-state index < -0.39 is 0 Å². The van der Waals surface area contributed by atoms with Crippen molar-refractivity contribution in [1.82, 2.24) is 4.98 Å². The third-order valence-electron chi connectivity index (χ3n) is 5.56. The Morgan fingerprint density at radius 1 is 1.12 bits per heavy atom. The van der Waals surface area contributed by atoms with Crippen LogP contribution < -0.4 is 9.47 Å². The molecule has 0 radical (unpaired) electrons. The van der Waals surface area contributed by atoms with Crippen LogP contribution in [0.1, 0.15) is 28.9 Å². The summed E-state index contributed by atoms with van der Waals surface area (Å²) in [6.45, 7) is 2.02. The third-order valence-corrected chi connectivity index (χ3v) is 6.85. The van der Waals surface area contributed by atoms with E-state index in [4.69, 9.17) is 26.1 Å². The van der Waals surface area contributed by atoms with Gasteiger partial charge in [0.25, 0.3) is 0 Å². The SMILES string of the molecule is COc1c(-c2ccc3ccc(Cl)cc3n2)ccc2c1C(SC(C)=O)c1ccccc1CO2. The molecule has 3 aromatic carbocycles. The largest absolute Gasteiger partial charge is 0.496 e. The number of nitrogens with zero attached hydrogens (tertiary/aromatic N) is 1. The molecule has 1 aromatic heterocycles. The van der Waals surface area contributed by atoms with Gasteiger partial charge in [-0.15, -0.1) is 0 Å². The molecular formula is C26H20ClNO3S. The molecule has 32 heavy (non-hydrogen) atoms. The summed E-state index contributed by atoms with van der Waals surface area (Å²) in [5.41, 5.74) is 5.38. The lowest BCUT2D eigenvalue weighted by molar-refractivity contribution is -0.109. The van der Waals surface area contributed by atoms with E-state index in [2.05, 4.69) is 6.07 Å². The minimum atomic E-state index is -0.244. The van der Waals surface area contributed by atoms with E-state index in [1.54, 1.807) is 14.0 Å². The van der Waals surface area contributed by atoms with E-state index in [9.17, 15) is 4.79 Å². The van der Waals surface area contributed by atoms with Gasteiger partial charge in [-0.25, -0.2) is 4.98 Å². The standard InChI is InChI=1S/C26H20ClNO3S/c1-15(29)32-26-19-6-4-3-5-17(19)14-31-23-12-10-20(25(30-2)24(23)26)21-11-8-16-7-9-18(27)13-22(16)28-21/h3-13,26H,14H2,1-2H3. The molecule has 6 heteroatoms. The highest BCUT2D eigenvalue weighted by Gasteiger charge is 2.31. The van der Waals surface area contributed by atoms with Crippen molar-refractivity contribution in [2.45, 2.75) is 18.8 Å². The average molecular weight is 462 g/mol. The van der Waals surface area contributed by atoms with Crippen molar-refractivity contribution in [3.05, 3.63) is 88.4 Å². The van der Waals surface area contributed by atoms with Crippen LogP contribution in [0.5, 0.6) is 11.5 Å². The van der Waals surface area contributed by atoms with Crippen LogP contribution in [0.4, 0.5) is 0 Å². The number of pyridine rings is 1. The van der Waals surface area contributed by atoms with Gasteiger partial charge in [0.05, 0.1) is 29.1 Å². The zero-order chi connectivity index (χ0) is 22.2. The molecule has 0 bridgehead atoms. The Morgan fingerprint density at radius 2 is 1.94 bits per heavy atom. The highest BCUT2D eigenvalue weighted by atomic mass is 35.5. The molecule has 5 rings (SSSR count). The molecule has 4 aromatic rings. The van der Waals surface area contributed by atoms with E-state index >= 15 is 0 Å². The first-order valence-corrected chi connectivity index (χ1v) is 11.5. The maximum Gasteiger partial charge on any atom is 0.186 e. The number of methoxy groups -OCH3 is 1. The fraction of sp³-hybridized carbons (Fsp3) is 0.154. The van der Waals surface area contributed by atoms with Crippen LogP contribution in [0.3, 0.4) is 0 Å². The number of carbonyl (C=O) groups is 1. The zero-order valence-electron chi connectivity index (χ0n) is 17.6. The number of hydrogen-bond acceptors (Lipinski definition) is 5. The van der Waals surface area contributed by atoms with Gasteiger partial charge in [0.2, 0.25) is 0 Å². The molecule has 0 spiro atoms. The number of ether oxygens (including phenoxy) is 2.